The minimum absolute atomic E-state index is 0.0518. The third kappa shape index (κ3) is 3.66. The van der Waals surface area contributed by atoms with Crippen molar-refractivity contribution in [1.82, 2.24) is 0 Å². The molecular weight excluding hydrogens is 344 g/mol. The van der Waals surface area contributed by atoms with E-state index in [1.54, 1.807) is 12.1 Å². The van der Waals surface area contributed by atoms with Crippen LogP contribution in [0, 0.1) is 10.1 Å². The fraction of sp³-hybridized carbons (Fsp3) is 0.190. The van der Waals surface area contributed by atoms with Gasteiger partial charge in [0.1, 0.15) is 0 Å². The molecule has 3 aromatic rings. The van der Waals surface area contributed by atoms with E-state index in [2.05, 4.69) is 35.5 Å². The van der Waals surface area contributed by atoms with E-state index in [0.29, 0.717) is 6.42 Å². The number of ether oxygens (including phenoxy) is 1. The third-order valence-corrected chi connectivity index (χ3v) is 4.65. The van der Waals surface area contributed by atoms with Crippen LogP contribution in [0.15, 0.2) is 71.9 Å². The van der Waals surface area contributed by atoms with Crippen molar-refractivity contribution in [2.24, 2.45) is 5.16 Å². The number of hydrogen-bond acceptors (Lipinski definition) is 5. The molecule has 0 fully saturated rings. The monoisotopic (exact) mass is 362 g/mol. The molecule has 0 N–H and O–H groups in total. The van der Waals surface area contributed by atoms with E-state index in [9.17, 15) is 10.1 Å². The molecule has 0 bridgehead atoms. The van der Waals surface area contributed by atoms with E-state index in [1.807, 2.05) is 19.1 Å². The molecule has 1 heterocycles. The number of non-ortho nitro benzene ring substituents is 1. The first-order valence-electron chi connectivity index (χ1n) is 8.72. The van der Waals surface area contributed by atoms with Crippen LogP contribution in [0.3, 0.4) is 0 Å². The van der Waals surface area contributed by atoms with Gasteiger partial charge in [0, 0.05) is 17.7 Å². The Morgan fingerprint density at radius 1 is 1.11 bits per heavy atom. The summed E-state index contributed by atoms with van der Waals surface area (Å²) < 4.78 is 6.01. The quantitative estimate of drug-likeness (QED) is 0.474. The largest absolute Gasteiger partial charge is 0.363 e. The zero-order valence-corrected chi connectivity index (χ0v) is 14.7. The standard InChI is InChI=1S/C21H18N2O4/c1-14(17-7-6-15-4-2-3-5-18(15)12-17)26-21-13-20(22-27-21)16-8-10-19(11-9-16)23(24)25/h2-12,14,21H,13H2,1H3/t14-,21+/m0/s1. The second-order valence-electron chi connectivity index (χ2n) is 6.47. The molecule has 0 unspecified atom stereocenters. The molecule has 3 aromatic carbocycles. The van der Waals surface area contributed by atoms with Gasteiger partial charge in [0.15, 0.2) is 0 Å². The van der Waals surface area contributed by atoms with Crippen LogP contribution < -0.4 is 0 Å². The molecule has 2 atom stereocenters. The molecule has 0 aromatic heterocycles. The van der Waals surface area contributed by atoms with Crippen LogP contribution in [0.1, 0.15) is 30.6 Å². The number of nitrogens with zero attached hydrogens (tertiary/aromatic N) is 2. The van der Waals surface area contributed by atoms with Gasteiger partial charge in [0.2, 0.25) is 6.29 Å². The average Bonchev–Trinajstić information content (AvgIpc) is 3.16. The Labute approximate surface area is 156 Å². The molecule has 1 aliphatic rings. The summed E-state index contributed by atoms with van der Waals surface area (Å²) in [7, 11) is 0. The Morgan fingerprint density at radius 3 is 2.59 bits per heavy atom. The fourth-order valence-corrected chi connectivity index (χ4v) is 3.14. The maximum Gasteiger partial charge on any atom is 0.269 e. The molecule has 136 valence electrons. The molecule has 6 heteroatoms. The van der Waals surface area contributed by atoms with Crippen molar-refractivity contribution in [2.75, 3.05) is 0 Å². The number of fused-ring (bicyclic) bond motifs is 1. The summed E-state index contributed by atoms with van der Waals surface area (Å²) >= 11 is 0. The van der Waals surface area contributed by atoms with Gasteiger partial charge in [0.25, 0.3) is 5.69 Å². The van der Waals surface area contributed by atoms with E-state index >= 15 is 0 Å². The van der Waals surface area contributed by atoms with Crippen molar-refractivity contribution in [3.63, 3.8) is 0 Å². The zero-order valence-electron chi connectivity index (χ0n) is 14.7. The second kappa shape index (κ2) is 7.17. The van der Waals surface area contributed by atoms with Gasteiger partial charge < -0.3 is 9.57 Å². The lowest BCUT2D eigenvalue weighted by molar-refractivity contribution is -0.384. The van der Waals surface area contributed by atoms with Gasteiger partial charge in [-0.05, 0) is 41.5 Å². The van der Waals surface area contributed by atoms with Gasteiger partial charge in [-0.2, -0.15) is 0 Å². The van der Waals surface area contributed by atoms with Gasteiger partial charge in [-0.25, -0.2) is 0 Å². The maximum atomic E-state index is 10.8. The van der Waals surface area contributed by atoms with Crippen molar-refractivity contribution in [3.05, 3.63) is 88.0 Å². The van der Waals surface area contributed by atoms with Crippen molar-refractivity contribution in [1.29, 1.82) is 0 Å². The SMILES string of the molecule is C[C@H](O[C@H]1CC(c2ccc([N+](=O)[O-])cc2)=NO1)c1ccc2ccccc2c1. The summed E-state index contributed by atoms with van der Waals surface area (Å²) in [6, 6.07) is 20.7. The van der Waals surface area contributed by atoms with Crippen molar-refractivity contribution < 1.29 is 14.5 Å². The van der Waals surface area contributed by atoms with Gasteiger partial charge in [-0.1, -0.05) is 41.6 Å². The van der Waals surface area contributed by atoms with Crippen molar-refractivity contribution >= 4 is 22.2 Å². The lowest BCUT2D eigenvalue weighted by atomic mass is 10.0. The number of benzene rings is 3. The highest BCUT2D eigenvalue weighted by atomic mass is 16.8. The lowest BCUT2D eigenvalue weighted by Crippen LogP contribution is -2.15. The van der Waals surface area contributed by atoms with E-state index < -0.39 is 11.2 Å². The Morgan fingerprint density at radius 2 is 1.85 bits per heavy atom. The molecule has 4 rings (SSSR count). The van der Waals surface area contributed by atoms with Crippen molar-refractivity contribution in [2.45, 2.75) is 25.7 Å². The Kier molecular flexibility index (Phi) is 4.56. The van der Waals surface area contributed by atoms with Gasteiger partial charge in [0.05, 0.1) is 23.2 Å². The average molecular weight is 362 g/mol. The summed E-state index contributed by atoms with van der Waals surface area (Å²) in [5.74, 6) is 0. The minimum atomic E-state index is -0.475. The van der Waals surface area contributed by atoms with Crippen LogP contribution >= 0.6 is 0 Å². The number of nitro benzene ring substituents is 1. The molecule has 0 saturated heterocycles. The smallest absolute Gasteiger partial charge is 0.269 e. The topological polar surface area (TPSA) is 74.0 Å². The highest BCUT2D eigenvalue weighted by Gasteiger charge is 2.25. The van der Waals surface area contributed by atoms with Crippen LogP contribution in [0.4, 0.5) is 5.69 Å². The van der Waals surface area contributed by atoms with Crippen LogP contribution in [-0.2, 0) is 9.57 Å². The van der Waals surface area contributed by atoms with Crippen LogP contribution in [0.25, 0.3) is 10.8 Å². The summed E-state index contributed by atoms with van der Waals surface area (Å²) in [6.45, 7) is 1.98. The third-order valence-electron chi connectivity index (χ3n) is 4.65. The molecule has 27 heavy (non-hydrogen) atoms. The van der Waals surface area contributed by atoms with Gasteiger partial charge >= 0.3 is 0 Å². The first kappa shape index (κ1) is 17.2. The Hall–Kier alpha value is -3.25. The molecular formula is C21H18N2O4. The first-order chi connectivity index (χ1) is 13.1. The molecule has 0 spiro atoms. The van der Waals surface area contributed by atoms with Crippen LogP contribution in [0.2, 0.25) is 0 Å². The van der Waals surface area contributed by atoms with E-state index in [-0.39, 0.29) is 11.8 Å². The van der Waals surface area contributed by atoms with Crippen molar-refractivity contribution in [3.8, 4) is 0 Å². The van der Waals surface area contributed by atoms with E-state index in [4.69, 9.17) is 9.57 Å². The van der Waals surface area contributed by atoms with Crippen LogP contribution in [-0.4, -0.2) is 16.9 Å². The van der Waals surface area contributed by atoms with Gasteiger partial charge in [-0.3, -0.25) is 10.1 Å². The molecule has 0 aliphatic carbocycles. The second-order valence-corrected chi connectivity index (χ2v) is 6.47. The predicted octanol–water partition coefficient (Wildman–Crippen LogP) is 4.98. The fourth-order valence-electron chi connectivity index (χ4n) is 3.14. The zero-order chi connectivity index (χ0) is 18.8. The number of rotatable bonds is 5. The minimum Gasteiger partial charge on any atom is -0.363 e. The molecule has 1 aliphatic heterocycles. The number of oxime groups is 1. The Balaban J connectivity index is 1.41. The Bertz CT molecular complexity index is 1010. The highest BCUT2D eigenvalue weighted by Crippen LogP contribution is 2.27. The normalized spacial score (nSPS) is 17.4. The summed E-state index contributed by atoms with van der Waals surface area (Å²) in [5, 5.41) is 17.2. The molecule has 6 nitrogen and oxygen atoms in total. The summed E-state index contributed by atoms with van der Waals surface area (Å²) in [6.07, 6.45) is -0.127. The molecule has 0 saturated carbocycles. The summed E-state index contributed by atoms with van der Waals surface area (Å²) in [5.41, 5.74) is 2.64. The molecule has 0 amide bonds. The lowest BCUT2D eigenvalue weighted by Gasteiger charge is -2.17. The van der Waals surface area contributed by atoms with Crippen LogP contribution in [0.5, 0.6) is 0 Å². The first-order valence-corrected chi connectivity index (χ1v) is 8.72. The number of nitro groups is 1. The summed E-state index contributed by atoms with van der Waals surface area (Å²) in [4.78, 5) is 15.7. The van der Waals surface area contributed by atoms with E-state index in [0.717, 1.165) is 16.8 Å². The number of hydrogen-bond donors (Lipinski definition) is 0. The maximum absolute atomic E-state index is 10.8. The van der Waals surface area contributed by atoms with E-state index in [1.165, 1.54) is 22.9 Å². The molecule has 0 radical (unpaired) electrons. The van der Waals surface area contributed by atoms with Gasteiger partial charge in [-0.15, -0.1) is 0 Å². The predicted molar refractivity (Wildman–Crippen MR) is 103 cm³/mol. The highest BCUT2D eigenvalue weighted by molar-refractivity contribution is 6.01.